The lowest BCUT2D eigenvalue weighted by Gasteiger charge is -2.29. The molecule has 1 amide bonds. The molecule has 4 rings (SSSR count). The zero-order valence-corrected chi connectivity index (χ0v) is 28.3. The lowest BCUT2D eigenvalue weighted by Crippen LogP contribution is -2.46. The second-order valence-electron chi connectivity index (χ2n) is 13.4. The minimum Gasteiger partial charge on any atom is -0.466 e. The number of nitrogens with zero attached hydrogens (tertiary/aromatic N) is 2. The van der Waals surface area contributed by atoms with Crippen molar-refractivity contribution in [1.82, 2.24) is 14.8 Å². The van der Waals surface area contributed by atoms with E-state index in [1.807, 2.05) is 53.7 Å². The number of hydrogen-bond acceptors (Lipinski definition) is 5. The maximum atomic E-state index is 14.2. The van der Waals surface area contributed by atoms with E-state index in [2.05, 4.69) is 10.2 Å². The van der Waals surface area contributed by atoms with Gasteiger partial charge in [-0.2, -0.15) is 0 Å². The number of aryl methyl sites for hydroxylation is 3. The lowest BCUT2D eigenvalue weighted by atomic mass is 9.91. The van der Waals surface area contributed by atoms with Gasteiger partial charge < -0.3 is 19.5 Å². The van der Waals surface area contributed by atoms with Gasteiger partial charge in [-0.05, 0) is 105 Å². The summed E-state index contributed by atoms with van der Waals surface area (Å²) in [6.45, 7) is 15.4. The molecule has 1 N–H and O–H groups in total. The highest BCUT2D eigenvalue weighted by molar-refractivity contribution is 5.84. The molecule has 2 aliphatic rings. The molecule has 250 valence electrons. The zero-order chi connectivity index (χ0) is 33.7. The fourth-order valence-corrected chi connectivity index (χ4v) is 6.87. The standard InChI is InChI=1S/C37H49F2N3O4/c1-8-46-35(44)19-32(31-18-28(14-24(31)5)36-25(6)15-30(39)16-26(36)7)40-37(45)33(13-22(2)3)42-20-27(23(4)17-34(42)43)9-11-41-12-10-29(38)21-41/h14-18,20,22,29,31-33H,8-13,19,21H2,1-7H3,(H,40,45)/t29-,31?,32+,33?/m1/s1. The fraction of sp³-hybridized carbons (Fsp3) is 0.541. The van der Waals surface area contributed by atoms with Gasteiger partial charge >= 0.3 is 5.97 Å². The fourth-order valence-electron chi connectivity index (χ4n) is 6.87. The van der Waals surface area contributed by atoms with Gasteiger partial charge in [0.25, 0.3) is 5.56 Å². The van der Waals surface area contributed by atoms with Gasteiger partial charge in [-0.25, -0.2) is 8.78 Å². The smallest absolute Gasteiger partial charge is 0.307 e. The number of carbonyl (C=O) groups excluding carboxylic acids is 2. The van der Waals surface area contributed by atoms with Gasteiger partial charge in [0.2, 0.25) is 5.91 Å². The Hall–Kier alpha value is -3.59. The summed E-state index contributed by atoms with van der Waals surface area (Å²) in [5.41, 5.74) is 5.93. The molecule has 7 nitrogen and oxygen atoms in total. The van der Waals surface area contributed by atoms with Crippen LogP contribution in [0.4, 0.5) is 8.78 Å². The molecule has 2 heterocycles. The number of amides is 1. The van der Waals surface area contributed by atoms with Crippen molar-refractivity contribution in [3.8, 4) is 0 Å². The minimum absolute atomic E-state index is 0.0472. The van der Waals surface area contributed by atoms with Gasteiger partial charge in [0.05, 0.1) is 13.0 Å². The van der Waals surface area contributed by atoms with E-state index in [4.69, 9.17) is 4.74 Å². The Morgan fingerprint density at radius 1 is 1.09 bits per heavy atom. The summed E-state index contributed by atoms with van der Waals surface area (Å²) < 4.78 is 34.6. The molecule has 46 heavy (non-hydrogen) atoms. The van der Waals surface area contributed by atoms with Gasteiger partial charge in [0.1, 0.15) is 18.0 Å². The Kier molecular flexibility index (Phi) is 11.8. The number of alkyl halides is 1. The quantitative estimate of drug-likeness (QED) is 0.265. The number of rotatable bonds is 13. The number of likely N-dealkylation sites (tertiary alicyclic amines) is 1. The van der Waals surface area contributed by atoms with Gasteiger partial charge in [-0.3, -0.25) is 14.4 Å². The Bertz CT molecular complexity index is 1540. The van der Waals surface area contributed by atoms with E-state index in [0.29, 0.717) is 38.9 Å². The first-order chi connectivity index (χ1) is 21.8. The summed E-state index contributed by atoms with van der Waals surface area (Å²) in [5, 5.41) is 3.14. The molecular weight excluding hydrogens is 588 g/mol. The van der Waals surface area contributed by atoms with Crippen LogP contribution in [0.25, 0.3) is 5.57 Å². The highest BCUT2D eigenvalue weighted by atomic mass is 19.1. The number of nitrogens with one attached hydrogen (secondary N) is 1. The van der Waals surface area contributed by atoms with E-state index in [1.165, 1.54) is 16.7 Å². The third-order valence-electron chi connectivity index (χ3n) is 9.15. The SMILES string of the molecule is CCOC(=O)C[C@H](NC(=O)C(CC(C)C)n1cc(CCN2CC[C@@H](F)C2)c(C)cc1=O)C1C=C(c2c(C)cc(F)cc2C)C=C1C. The molecule has 1 aliphatic carbocycles. The number of aromatic nitrogens is 1. The predicted octanol–water partition coefficient (Wildman–Crippen LogP) is 6.18. The van der Waals surface area contributed by atoms with Crippen LogP contribution >= 0.6 is 0 Å². The second-order valence-corrected chi connectivity index (χ2v) is 13.4. The van der Waals surface area contributed by atoms with E-state index in [-0.39, 0.29) is 42.1 Å². The minimum atomic E-state index is -0.801. The van der Waals surface area contributed by atoms with E-state index >= 15 is 0 Å². The molecule has 0 spiro atoms. The van der Waals surface area contributed by atoms with Crippen LogP contribution in [0.15, 0.2) is 46.9 Å². The first-order valence-corrected chi connectivity index (χ1v) is 16.5. The maximum absolute atomic E-state index is 14.2. The average molecular weight is 638 g/mol. The monoisotopic (exact) mass is 637 g/mol. The Morgan fingerprint density at radius 3 is 2.39 bits per heavy atom. The van der Waals surface area contributed by atoms with Crippen molar-refractivity contribution in [2.75, 3.05) is 26.2 Å². The number of halogens is 2. The largest absolute Gasteiger partial charge is 0.466 e. The highest BCUT2D eigenvalue weighted by Crippen LogP contribution is 2.36. The summed E-state index contributed by atoms with van der Waals surface area (Å²) in [7, 11) is 0. The molecule has 1 aromatic carbocycles. The lowest BCUT2D eigenvalue weighted by molar-refractivity contribution is -0.144. The molecule has 9 heteroatoms. The Labute approximate surface area is 271 Å². The highest BCUT2D eigenvalue weighted by Gasteiger charge is 2.33. The Morgan fingerprint density at radius 2 is 1.78 bits per heavy atom. The number of ether oxygens (including phenoxy) is 1. The molecule has 1 fully saturated rings. The second kappa shape index (κ2) is 15.3. The van der Waals surface area contributed by atoms with Crippen molar-refractivity contribution in [2.24, 2.45) is 11.8 Å². The molecule has 4 atom stereocenters. The van der Waals surface area contributed by atoms with E-state index in [9.17, 15) is 23.2 Å². The van der Waals surface area contributed by atoms with Gasteiger partial charge in [0.15, 0.2) is 0 Å². The van der Waals surface area contributed by atoms with Crippen molar-refractivity contribution in [3.63, 3.8) is 0 Å². The van der Waals surface area contributed by atoms with Gasteiger partial charge in [0, 0.05) is 43.9 Å². The number of allylic oxidation sites excluding steroid dienone is 2. The van der Waals surface area contributed by atoms with Crippen LogP contribution in [-0.4, -0.2) is 59.8 Å². The molecule has 0 bridgehead atoms. The number of esters is 1. The third kappa shape index (κ3) is 8.60. The molecular formula is C37H49F2N3O4. The van der Waals surface area contributed by atoms with Crippen molar-refractivity contribution < 1.29 is 23.1 Å². The normalized spacial score (nSPS) is 19.6. The van der Waals surface area contributed by atoms with Crippen molar-refractivity contribution in [1.29, 1.82) is 0 Å². The van der Waals surface area contributed by atoms with E-state index in [1.54, 1.807) is 19.2 Å². The van der Waals surface area contributed by atoms with Crippen molar-refractivity contribution in [2.45, 2.75) is 92.4 Å². The number of pyridine rings is 1. The van der Waals surface area contributed by atoms with E-state index < -0.39 is 24.2 Å². The van der Waals surface area contributed by atoms with Crippen LogP contribution in [-0.2, 0) is 20.7 Å². The van der Waals surface area contributed by atoms with Gasteiger partial charge in [-0.1, -0.05) is 31.6 Å². The van der Waals surface area contributed by atoms with Crippen LogP contribution < -0.4 is 10.9 Å². The predicted molar refractivity (Wildman–Crippen MR) is 178 cm³/mol. The number of benzene rings is 1. The maximum Gasteiger partial charge on any atom is 0.307 e. The summed E-state index contributed by atoms with van der Waals surface area (Å²) in [6.07, 6.45) is 6.59. The molecule has 1 aliphatic heterocycles. The summed E-state index contributed by atoms with van der Waals surface area (Å²) >= 11 is 0. The summed E-state index contributed by atoms with van der Waals surface area (Å²) in [6, 6.07) is 3.16. The summed E-state index contributed by atoms with van der Waals surface area (Å²) in [4.78, 5) is 42.5. The molecule has 0 radical (unpaired) electrons. The van der Waals surface area contributed by atoms with Crippen LogP contribution in [0.2, 0.25) is 0 Å². The Balaban J connectivity index is 1.65. The van der Waals surface area contributed by atoms with Crippen molar-refractivity contribution >= 4 is 17.4 Å². The first-order valence-electron chi connectivity index (χ1n) is 16.5. The number of carbonyl (C=O) groups is 2. The van der Waals surface area contributed by atoms with Crippen LogP contribution in [0.3, 0.4) is 0 Å². The molecule has 1 saturated heterocycles. The zero-order valence-electron chi connectivity index (χ0n) is 28.3. The van der Waals surface area contributed by atoms with Crippen LogP contribution in [0.5, 0.6) is 0 Å². The van der Waals surface area contributed by atoms with Crippen LogP contribution in [0.1, 0.15) is 80.8 Å². The van der Waals surface area contributed by atoms with E-state index in [0.717, 1.165) is 39.0 Å². The third-order valence-corrected chi connectivity index (χ3v) is 9.15. The first kappa shape index (κ1) is 35.3. The van der Waals surface area contributed by atoms with Crippen molar-refractivity contribution in [3.05, 3.63) is 86.1 Å². The van der Waals surface area contributed by atoms with Crippen LogP contribution in [0, 0.1) is 38.4 Å². The topological polar surface area (TPSA) is 80.6 Å². The molecule has 2 aromatic rings. The van der Waals surface area contributed by atoms with Gasteiger partial charge in [-0.15, -0.1) is 0 Å². The molecule has 0 saturated carbocycles. The molecule has 1 aromatic heterocycles. The molecule has 2 unspecified atom stereocenters. The number of hydrogen-bond donors (Lipinski definition) is 1. The average Bonchev–Trinajstić information content (AvgIpc) is 3.55. The summed E-state index contributed by atoms with van der Waals surface area (Å²) in [5.74, 6) is -1.27.